The molecule has 0 radical (unpaired) electrons. The lowest BCUT2D eigenvalue weighted by Crippen LogP contribution is -2.42. The highest BCUT2D eigenvalue weighted by molar-refractivity contribution is 5.80. The maximum absolute atomic E-state index is 13.2. The zero-order valence-electron chi connectivity index (χ0n) is 14.8. The van der Waals surface area contributed by atoms with E-state index in [1.54, 1.807) is 24.4 Å². The summed E-state index contributed by atoms with van der Waals surface area (Å²) in [5, 5.41) is 6.69. The van der Waals surface area contributed by atoms with Gasteiger partial charge in [0.1, 0.15) is 11.6 Å². The Morgan fingerprint density at radius 2 is 2.12 bits per heavy atom. The van der Waals surface area contributed by atoms with Crippen LogP contribution >= 0.6 is 0 Å². The van der Waals surface area contributed by atoms with Crippen molar-refractivity contribution in [1.29, 1.82) is 0 Å². The van der Waals surface area contributed by atoms with Crippen LogP contribution in [0.1, 0.15) is 25.3 Å². The highest BCUT2D eigenvalue weighted by Crippen LogP contribution is 2.20. The number of halogens is 1. The van der Waals surface area contributed by atoms with Crippen molar-refractivity contribution in [3.05, 3.63) is 66.1 Å². The molecule has 1 aliphatic carbocycles. The van der Waals surface area contributed by atoms with Gasteiger partial charge in [0.15, 0.2) is 5.96 Å². The van der Waals surface area contributed by atoms with Gasteiger partial charge in [0.25, 0.3) is 0 Å². The SMILES string of the molecule is CCNC(=NCc1ccc(Oc2cccc(F)c2)nc1)NC1CC=CC1. The van der Waals surface area contributed by atoms with Gasteiger partial charge in [-0.15, -0.1) is 0 Å². The number of aromatic nitrogens is 1. The number of hydrogen-bond donors (Lipinski definition) is 2. The van der Waals surface area contributed by atoms with E-state index in [-0.39, 0.29) is 5.82 Å². The molecule has 2 N–H and O–H groups in total. The maximum Gasteiger partial charge on any atom is 0.219 e. The first-order chi connectivity index (χ1) is 12.7. The maximum atomic E-state index is 13.2. The first kappa shape index (κ1) is 17.9. The van der Waals surface area contributed by atoms with Crippen LogP contribution in [0.4, 0.5) is 4.39 Å². The average molecular weight is 354 g/mol. The largest absolute Gasteiger partial charge is 0.439 e. The van der Waals surface area contributed by atoms with Crippen molar-refractivity contribution < 1.29 is 9.13 Å². The highest BCUT2D eigenvalue weighted by atomic mass is 19.1. The lowest BCUT2D eigenvalue weighted by Gasteiger charge is -2.16. The van der Waals surface area contributed by atoms with Crippen LogP contribution in [0.3, 0.4) is 0 Å². The molecule has 5 nitrogen and oxygen atoms in total. The summed E-state index contributed by atoms with van der Waals surface area (Å²) < 4.78 is 18.7. The van der Waals surface area contributed by atoms with Crippen LogP contribution in [-0.2, 0) is 6.54 Å². The lowest BCUT2D eigenvalue weighted by molar-refractivity contribution is 0.457. The number of ether oxygens (including phenoxy) is 1. The van der Waals surface area contributed by atoms with Gasteiger partial charge in [-0.3, -0.25) is 0 Å². The Hall–Kier alpha value is -2.89. The minimum Gasteiger partial charge on any atom is -0.439 e. The summed E-state index contributed by atoms with van der Waals surface area (Å²) in [6, 6.07) is 10.1. The van der Waals surface area contributed by atoms with Gasteiger partial charge in [0.2, 0.25) is 5.88 Å². The van der Waals surface area contributed by atoms with E-state index in [4.69, 9.17) is 4.74 Å². The summed E-state index contributed by atoms with van der Waals surface area (Å²) in [6.45, 7) is 3.37. The first-order valence-electron chi connectivity index (χ1n) is 8.81. The monoisotopic (exact) mass is 354 g/mol. The van der Waals surface area contributed by atoms with Crippen molar-refractivity contribution in [2.24, 2.45) is 4.99 Å². The molecular formula is C20H23FN4O. The van der Waals surface area contributed by atoms with Crippen molar-refractivity contribution in [2.45, 2.75) is 32.4 Å². The molecule has 2 aromatic rings. The standard InChI is InChI=1S/C20H23FN4O/c1-2-22-20(25-17-7-3-4-8-17)24-14-15-10-11-19(23-13-15)26-18-9-5-6-16(21)12-18/h3-6,9-13,17H,2,7-8,14H2,1H3,(H2,22,24,25). The first-order valence-corrected chi connectivity index (χ1v) is 8.81. The minimum absolute atomic E-state index is 0.339. The van der Waals surface area contributed by atoms with E-state index in [0.29, 0.717) is 24.2 Å². The molecule has 1 aromatic carbocycles. The Balaban J connectivity index is 1.58. The molecular weight excluding hydrogens is 331 g/mol. The summed E-state index contributed by atoms with van der Waals surface area (Å²) in [7, 11) is 0. The van der Waals surface area contributed by atoms with Gasteiger partial charge in [0.05, 0.1) is 6.54 Å². The van der Waals surface area contributed by atoms with E-state index in [9.17, 15) is 4.39 Å². The van der Waals surface area contributed by atoms with Crippen LogP contribution in [0, 0.1) is 5.82 Å². The van der Waals surface area contributed by atoms with E-state index in [2.05, 4.69) is 32.8 Å². The van der Waals surface area contributed by atoms with E-state index in [1.165, 1.54) is 12.1 Å². The zero-order chi connectivity index (χ0) is 18.2. The predicted octanol–water partition coefficient (Wildman–Crippen LogP) is 3.79. The number of nitrogens with zero attached hydrogens (tertiary/aromatic N) is 2. The van der Waals surface area contributed by atoms with Gasteiger partial charge >= 0.3 is 0 Å². The van der Waals surface area contributed by atoms with Gasteiger partial charge in [0, 0.05) is 30.9 Å². The summed E-state index contributed by atoms with van der Waals surface area (Å²) in [5.74, 6) is 1.31. The van der Waals surface area contributed by atoms with Crippen molar-refractivity contribution in [1.82, 2.24) is 15.6 Å². The molecule has 6 heteroatoms. The van der Waals surface area contributed by atoms with Crippen LogP contribution in [-0.4, -0.2) is 23.5 Å². The zero-order valence-corrected chi connectivity index (χ0v) is 14.8. The smallest absolute Gasteiger partial charge is 0.219 e. The number of pyridine rings is 1. The van der Waals surface area contributed by atoms with Crippen molar-refractivity contribution in [2.75, 3.05) is 6.54 Å². The van der Waals surface area contributed by atoms with Crippen molar-refractivity contribution in [3.63, 3.8) is 0 Å². The fourth-order valence-electron chi connectivity index (χ4n) is 2.63. The average Bonchev–Trinajstić information content (AvgIpc) is 3.14. The molecule has 1 heterocycles. The van der Waals surface area contributed by atoms with Crippen LogP contribution in [0.2, 0.25) is 0 Å². The van der Waals surface area contributed by atoms with Crippen molar-refractivity contribution in [3.8, 4) is 11.6 Å². The van der Waals surface area contributed by atoms with E-state index in [0.717, 1.165) is 30.9 Å². The molecule has 0 atom stereocenters. The van der Waals surface area contributed by atoms with E-state index >= 15 is 0 Å². The molecule has 0 aliphatic heterocycles. The van der Waals surface area contributed by atoms with Crippen LogP contribution in [0.5, 0.6) is 11.6 Å². The molecule has 0 unspecified atom stereocenters. The fraction of sp³-hybridized carbons (Fsp3) is 0.300. The molecule has 3 rings (SSSR count). The number of aliphatic imine (C=N–C) groups is 1. The number of nitrogens with one attached hydrogen (secondary N) is 2. The van der Waals surface area contributed by atoms with Gasteiger partial charge in [-0.05, 0) is 37.5 Å². The van der Waals surface area contributed by atoms with Gasteiger partial charge < -0.3 is 15.4 Å². The summed E-state index contributed by atoms with van der Waals surface area (Å²) in [4.78, 5) is 8.87. The third kappa shape index (κ3) is 5.31. The lowest BCUT2D eigenvalue weighted by atomic mass is 10.2. The summed E-state index contributed by atoms with van der Waals surface area (Å²) in [6.07, 6.45) is 8.14. The molecule has 0 bridgehead atoms. The Labute approximate surface area is 153 Å². The highest BCUT2D eigenvalue weighted by Gasteiger charge is 2.11. The molecule has 136 valence electrons. The number of hydrogen-bond acceptors (Lipinski definition) is 3. The predicted molar refractivity (Wildman–Crippen MR) is 101 cm³/mol. The van der Waals surface area contributed by atoms with Gasteiger partial charge in [-0.2, -0.15) is 0 Å². The Kier molecular flexibility index (Phi) is 6.19. The Bertz CT molecular complexity index is 766. The fourth-order valence-corrected chi connectivity index (χ4v) is 2.63. The van der Waals surface area contributed by atoms with Crippen LogP contribution < -0.4 is 15.4 Å². The summed E-state index contributed by atoms with van der Waals surface area (Å²) in [5.41, 5.74) is 0.971. The molecule has 0 saturated heterocycles. The molecule has 0 fully saturated rings. The third-order valence-corrected chi connectivity index (χ3v) is 3.93. The topological polar surface area (TPSA) is 58.5 Å². The quantitative estimate of drug-likeness (QED) is 0.471. The van der Waals surface area contributed by atoms with E-state index < -0.39 is 0 Å². The summed E-state index contributed by atoms with van der Waals surface area (Å²) >= 11 is 0. The number of rotatable bonds is 6. The van der Waals surface area contributed by atoms with Gasteiger partial charge in [-0.1, -0.05) is 24.3 Å². The Morgan fingerprint density at radius 3 is 2.81 bits per heavy atom. The number of guanidine groups is 1. The molecule has 0 spiro atoms. The molecule has 0 amide bonds. The normalized spacial score (nSPS) is 14.5. The van der Waals surface area contributed by atoms with E-state index in [1.807, 2.05) is 13.0 Å². The second-order valence-electron chi connectivity index (χ2n) is 6.04. The molecule has 1 aliphatic rings. The molecule has 26 heavy (non-hydrogen) atoms. The molecule has 1 aromatic heterocycles. The number of benzene rings is 1. The van der Waals surface area contributed by atoms with Gasteiger partial charge in [-0.25, -0.2) is 14.4 Å². The van der Waals surface area contributed by atoms with Crippen LogP contribution in [0.25, 0.3) is 0 Å². The third-order valence-electron chi connectivity index (χ3n) is 3.93. The molecule has 0 saturated carbocycles. The van der Waals surface area contributed by atoms with Crippen molar-refractivity contribution >= 4 is 5.96 Å². The second-order valence-corrected chi connectivity index (χ2v) is 6.04. The second kappa shape index (κ2) is 8.99. The minimum atomic E-state index is -0.339. The Morgan fingerprint density at radius 1 is 1.27 bits per heavy atom. The van der Waals surface area contributed by atoms with Crippen LogP contribution in [0.15, 0.2) is 59.7 Å².